The number of carbonyl (C=O) groups is 1. The molecule has 1 atom stereocenters. The first-order chi connectivity index (χ1) is 11.9. The second-order valence-corrected chi connectivity index (χ2v) is 6.74. The zero-order valence-electron chi connectivity index (χ0n) is 15.1. The Hall–Kier alpha value is -2.29. The van der Waals surface area contributed by atoms with Crippen molar-refractivity contribution in [1.82, 2.24) is 30.1 Å². The van der Waals surface area contributed by atoms with Gasteiger partial charge >= 0.3 is 0 Å². The summed E-state index contributed by atoms with van der Waals surface area (Å²) in [6, 6.07) is 0.113. The van der Waals surface area contributed by atoms with Gasteiger partial charge < -0.3 is 13.8 Å². The molecule has 1 aliphatic heterocycles. The van der Waals surface area contributed by atoms with Gasteiger partial charge in [0.2, 0.25) is 23.6 Å². The maximum absolute atomic E-state index is 12.1. The predicted molar refractivity (Wildman–Crippen MR) is 87.3 cm³/mol. The molecule has 1 fully saturated rings. The van der Waals surface area contributed by atoms with Crippen molar-refractivity contribution in [3.8, 4) is 0 Å². The van der Waals surface area contributed by atoms with E-state index in [1.165, 1.54) is 0 Å². The van der Waals surface area contributed by atoms with Gasteiger partial charge in [-0.2, -0.15) is 4.98 Å². The van der Waals surface area contributed by atoms with E-state index in [2.05, 4.69) is 25.2 Å². The van der Waals surface area contributed by atoms with Crippen molar-refractivity contribution in [1.29, 1.82) is 0 Å². The van der Waals surface area contributed by atoms with Crippen LogP contribution in [0.3, 0.4) is 0 Å². The van der Waals surface area contributed by atoms with Crippen LogP contribution in [0.25, 0.3) is 0 Å². The average molecular weight is 348 g/mol. The molecule has 0 saturated carbocycles. The zero-order chi connectivity index (χ0) is 18.0. The van der Waals surface area contributed by atoms with Gasteiger partial charge in [-0.1, -0.05) is 19.0 Å². The summed E-state index contributed by atoms with van der Waals surface area (Å²) in [5.41, 5.74) is 0. The van der Waals surface area contributed by atoms with Crippen molar-refractivity contribution in [2.24, 2.45) is 0 Å². The molecule has 2 aromatic heterocycles. The number of hydrogen-bond acceptors (Lipinski definition) is 8. The summed E-state index contributed by atoms with van der Waals surface area (Å²) in [7, 11) is 0. The minimum absolute atomic E-state index is 0.0105. The molecule has 3 rings (SSSR count). The number of aromatic nitrogens is 4. The molecular formula is C16H24N6O3. The Morgan fingerprint density at radius 2 is 2.20 bits per heavy atom. The minimum Gasteiger partial charge on any atom is -0.424 e. The Kier molecular flexibility index (Phi) is 5.12. The number of aryl methyl sites for hydroxylation is 1. The summed E-state index contributed by atoms with van der Waals surface area (Å²) in [4.78, 5) is 20.5. The zero-order valence-corrected chi connectivity index (χ0v) is 15.1. The first-order valence-corrected chi connectivity index (χ1v) is 8.53. The summed E-state index contributed by atoms with van der Waals surface area (Å²) >= 11 is 0. The summed E-state index contributed by atoms with van der Waals surface area (Å²) < 4.78 is 10.7. The maximum atomic E-state index is 12.1. The van der Waals surface area contributed by atoms with Crippen molar-refractivity contribution < 1.29 is 13.7 Å². The third-order valence-electron chi connectivity index (χ3n) is 4.31. The highest BCUT2D eigenvalue weighted by molar-refractivity contribution is 5.73. The third kappa shape index (κ3) is 4.22. The molecule has 9 heteroatoms. The van der Waals surface area contributed by atoms with Crippen LogP contribution in [0.2, 0.25) is 0 Å². The Labute approximate surface area is 146 Å². The first kappa shape index (κ1) is 17.5. The molecule has 1 aliphatic rings. The van der Waals surface area contributed by atoms with E-state index in [1.54, 1.807) is 13.8 Å². The van der Waals surface area contributed by atoms with Crippen molar-refractivity contribution in [3.63, 3.8) is 0 Å². The number of amides is 1. The Morgan fingerprint density at radius 1 is 1.40 bits per heavy atom. The highest BCUT2D eigenvalue weighted by Crippen LogP contribution is 2.20. The van der Waals surface area contributed by atoms with Crippen LogP contribution in [-0.2, 0) is 17.9 Å². The van der Waals surface area contributed by atoms with Gasteiger partial charge in [0.15, 0.2) is 5.82 Å². The van der Waals surface area contributed by atoms with Gasteiger partial charge in [0, 0.05) is 38.9 Å². The Balaban J connectivity index is 1.61. The Bertz CT molecular complexity index is 725. The lowest BCUT2D eigenvalue weighted by Gasteiger charge is -2.26. The van der Waals surface area contributed by atoms with E-state index >= 15 is 0 Å². The van der Waals surface area contributed by atoms with Gasteiger partial charge in [0.1, 0.15) is 0 Å². The van der Waals surface area contributed by atoms with Crippen LogP contribution in [0.15, 0.2) is 8.94 Å². The molecule has 1 unspecified atom stereocenters. The van der Waals surface area contributed by atoms with Gasteiger partial charge in [-0.05, 0) is 6.42 Å². The van der Waals surface area contributed by atoms with E-state index in [1.807, 2.05) is 18.7 Å². The molecule has 0 N–H and O–H groups in total. The number of carbonyl (C=O) groups excluding carboxylic acids is 1. The number of likely N-dealkylation sites (tertiary alicyclic amines) is 1. The maximum Gasteiger partial charge on any atom is 0.230 e. The number of rotatable bonds is 6. The van der Waals surface area contributed by atoms with Crippen LogP contribution in [-0.4, -0.2) is 55.2 Å². The molecule has 2 aromatic rings. The molecule has 0 radical (unpaired) electrons. The largest absolute Gasteiger partial charge is 0.424 e. The molecular weight excluding hydrogens is 324 g/mol. The molecule has 136 valence electrons. The molecule has 0 bridgehead atoms. The van der Waals surface area contributed by atoms with Crippen LogP contribution >= 0.6 is 0 Å². The van der Waals surface area contributed by atoms with Crippen molar-refractivity contribution >= 4 is 5.91 Å². The SMILES string of the molecule is CC(=O)N(Cc1noc(C(C)C)n1)C1CCN(Cc2nnc(C)o2)C1. The first-order valence-electron chi connectivity index (χ1n) is 8.53. The summed E-state index contributed by atoms with van der Waals surface area (Å²) in [5.74, 6) is 2.49. The van der Waals surface area contributed by atoms with Crippen LogP contribution in [0, 0.1) is 6.92 Å². The molecule has 0 spiro atoms. The van der Waals surface area contributed by atoms with Crippen LogP contribution in [0.4, 0.5) is 0 Å². The van der Waals surface area contributed by atoms with Crippen molar-refractivity contribution in [2.75, 3.05) is 13.1 Å². The van der Waals surface area contributed by atoms with Gasteiger partial charge in [-0.25, -0.2) is 0 Å². The molecule has 25 heavy (non-hydrogen) atoms. The summed E-state index contributed by atoms with van der Waals surface area (Å²) in [6.45, 7) is 9.94. The lowest BCUT2D eigenvalue weighted by molar-refractivity contribution is -0.131. The topological polar surface area (TPSA) is 101 Å². The number of nitrogens with zero attached hydrogens (tertiary/aromatic N) is 6. The van der Waals surface area contributed by atoms with Gasteiger partial charge in [0.05, 0.1) is 13.1 Å². The molecule has 0 aliphatic carbocycles. The van der Waals surface area contributed by atoms with Crippen molar-refractivity contribution in [3.05, 3.63) is 23.5 Å². The third-order valence-corrected chi connectivity index (χ3v) is 4.31. The van der Waals surface area contributed by atoms with Crippen LogP contribution in [0.1, 0.15) is 56.6 Å². The lowest BCUT2D eigenvalue weighted by Crippen LogP contribution is -2.40. The smallest absolute Gasteiger partial charge is 0.230 e. The highest BCUT2D eigenvalue weighted by atomic mass is 16.5. The van der Waals surface area contributed by atoms with Crippen LogP contribution < -0.4 is 0 Å². The second kappa shape index (κ2) is 7.30. The molecule has 1 amide bonds. The fourth-order valence-electron chi connectivity index (χ4n) is 3.02. The fourth-order valence-corrected chi connectivity index (χ4v) is 3.02. The summed E-state index contributed by atoms with van der Waals surface area (Å²) in [5, 5.41) is 11.9. The molecule has 3 heterocycles. The lowest BCUT2D eigenvalue weighted by atomic mass is 10.2. The van der Waals surface area contributed by atoms with E-state index in [4.69, 9.17) is 8.94 Å². The van der Waals surface area contributed by atoms with Gasteiger partial charge in [-0.3, -0.25) is 9.69 Å². The molecule has 0 aromatic carbocycles. The van der Waals surface area contributed by atoms with Gasteiger partial charge in [-0.15, -0.1) is 10.2 Å². The summed E-state index contributed by atoms with van der Waals surface area (Å²) in [6.07, 6.45) is 0.890. The van der Waals surface area contributed by atoms with Crippen molar-refractivity contribution in [2.45, 2.75) is 59.2 Å². The molecule has 9 nitrogen and oxygen atoms in total. The van der Waals surface area contributed by atoms with E-state index in [0.717, 1.165) is 19.5 Å². The highest BCUT2D eigenvalue weighted by Gasteiger charge is 2.31. The normalized spacial score (nSPS) is 18.2. The fraction of sp³-hybridized carbons (Fsp3) is 0.688. The minimum atomic E-state index is 0.0105. The predicted octanol–water partition coefficient (Wildman–Crippen LogP) is 1.51. The second-order valence-electron chi connectivity index (χ2n) is 6.74. The van der Waals surface area contributed by atoms with Gasteiger partial charge in [0.25, 0.3) is 0 Å². The standard InChI is InChI=1S/C16H24N6O3/c1-10(2)16-17-14(20-25-16)8-22(12(4)23)13-5-6-21(7-13)9-15-19-18-11(3)24-15/h10,13H,5-9H2,1-4H3. The Morgan fingerprint density at radius 3 is 2.80 bits per heavy atom. The quantitative estimate of drug-likeness (QED) is 0.774. The van der Waals surface area contributed by atoms with Crippen LogP contribution in [0.5, 0.6) is 0 Å². The molecule has 1 saturated heterocycles. The van der Waals surface area contributed by atoms with E-state index in [-0.39, 0.29) is 17.9 Å². The monoisotopic (exact) mass is 348 g/mol. The van der Waals surface area contributed by atoms with E-state index in [0.29, 0.717) is 36.6 Å². The van der Waals surface area contributed by atoms with E-state index < -0.39 is 0 Å². The number of hydrogen-bond donors (Lipinski definition) is 0. The van der Waals surface area contributed by atoms with E-state index in [9.17, 15) is 4.79 Å². The average Bonchev–Trinajstić information content (AvgIpc) is 3.26.